The zero-order valence-corrected chi connectivity index (χ0v) is 15.7. The Kier molecular flexibility index (Phi) is 4.22. The van der Waals surface area contributed by atoms with Crippen LogP contribution in [-0.2, 0) is 36.9 Å². The molecule has 2 aromatic heterocycles. The van der Waals surface area contributed by atoms with Crippen molar-refractivity contribution in [3.63, 3.8) is 0 Å². The lowest BCUT2D eigenvalue weighted by Crippen LogP contribution is -2.49. The smallest absolute Gasteiger partial charge is 0.340 e. The summed E-state index contributed by atoms with van der Waals surface area (Å²) in [5, 5.41) is 0. The summed E-state index contributed by atoms with van der Waals surface area (Å²) in [5.74, 6) is 0.559. The molecule has 152 valence electrons. The second kappa shape index (κ2) is 6.67. The number of carbonyl (C=O) groups is 1. The van der Waals surface area contributed by atoms with Crippen LogP contribution in [-0.4, -0.2) is 38.8 Å². The minimum Gasteiger partial charge on any atom is -0.340 e. The van der Waals surface area contributed by atoms with Crippen LogP contribution >= 0.6 is 0 Å². The fraction of sp³-hybridized carbons (Fsp3) is 0.500. The minimum absolute atomic E-state index is 0.117. The highest BCUT2D eigenvalue weighted by Crippen LogP contribution is 2.33. The average Bonchev–Trinajstić information content (AvgIpc) is 3.29. The van der Waals surface area contributed by atoms with Gasteiger partial charge in [0.05, 0.1) is 5.56 Å². The third-order valence-corrected chi connectivity index (χ3v) is 6.05. The van der Waals surface area contributed by atoms with Gasteiger partial charge in [-0.25, -0.2) is 9.97 Å². The summed E-state index contributed by atoms with van der Waals surface area (Å²) < 4.78 is 37.8. The Morgan fingerprint density at radius 2 is 1.79 bits per heavy atom. The molecular weight excluding hydrogens is 383 g/mol. The summed E-state index contributed by atoms with van der Waals surface area (Å²) in [7, 11) is 0. The van der Waals surface area contributed by atoms with Gasteiger partial charge in [-0.05, 0) is 36.0 Å². The molecular formula is C20H20F3N5O. The molecule has 3 aliphatic rings. The number of anilines is 1. The fourth-order valence-corrected chi connectivity index (χ4v) is 4.45. The van der Waals surface area contributed by atoms with Crippen molar-refractivity contribution in [2.75, 3.05) is 18.0 Å². The van der Waals surface area contributed by atoms with E-state index in [9.17, 15) is 18.0 Å². The Morgan fingerprint density at radius 3 is 2.52 bits per heavy atom. The molecule has 0 radical (unpaired) electrons. The van der Waals surface area contributed by atoms with Gasteiger partial charge in [-0.2, -0.15) is 13.2 Å². The molecule has 5 rings (SSSR count). The number of hydrogen-bond donors (Lipinski definition) is 0. The van der Waals surface area contributed by atoms with Crippen molar-refractivity contribution in [1.29, 1.82) is 0 Å². The second-order valence-corrected chi connectivity index (χ2v) is 8.04. The first-order chi connectivity index (χ1) is 13.9. The van der Waals surface area contributed by atoms with Crippen molar-refractivity contribution >= 4 is 11.9 Å². The molecule has 2 aliphatic heterocycles. The summed E-state index contributed by atoms with van der Waals surface area (Å²) in [6.45, 7) is 2.44. The van der Waals surface area contributed by atoms with Crippen LogP contribution in [0.15, 0.2) is 18.6 Å². The molecule has 9 heteroatoms. The van der Waals surface area contributed by atoms with Crippen LogP contribution in [0.2, 0.25) is 0 Å². The van der Waals surface area contributed by atoms with Crippen LogP contribution in [0.25, 0.3) is 0 Å². The predicted molar refractivity (Wildman–Crippen MR) is 97.9 cm³/mol. The number of hydrogen-bond acceptors (Lipinski definition) is 5. The third-order valence-electron chi connectivity index (χ3n) is 6.05. The highest BCUT2D eigenvalue weighted by atomic mass is 19.4. The van der Waals surface area contributed by atoms with Gasteiger partial charge in [0.1, 0.15) is 0 Å². The first-order valence-electron chi connectivity index (χ1n) is 9.79. The molecule has 1 aliphatic carbocycles. The summed E-state index contributed by atoms with van der Waals surface area (Å²) >= 11 is 0. The van der Waals surface area contributed by atoms with E-state index in [0.29, 0.717) is 32.6 Å². The van der Waals surface area contributed by atoms with E-state index in [1.165, 1.54) is 16.8 Å². The first kappa shape index (κ1) is 18.3. The Morgan fingerprint density at radius 1 is 1.03 bits per heavy atom. The van der Waals surface area contributed by atoms with Gasteiger partial charge in [-0.3, -0.25) is 9.78 Å². The van der Waals surface area contributed by atoms with Crippen LogP contribution in [0, 0.1) is 5.92 Å². The summed E-state index contributed by atoms with van der Waals surface area (Å²) in [6.07, 6.45) is 2.73. The van der Waals surface area contributed by atoms with Crippen molar-refractivity contribution in [1.82, 2.24) is 19.9 Å². The molecule has 0 saturated carbocycles. The maximum absolute atomic E-state index is 12.7. The Hall–Kier alpha value is -2.71. The second-order valence-electron chi connectivity index (χ2n) is 8.04. The van der Waals surface area contributed by atoms with Crippen molar-refractivity contribution in [3.05, 3.63) is 46.5 Å². The van der Waals surface area contributed by atoms with Gasteiger partial charge >= 0.3 is 6.18 Å². The van der Waals surface area contributed by atoms with E-state index in [-0.39, 0.29) is 17.8 Å². The number of aryl methyl sites for hydroxylation is 1. The molecule has 4 heterocycles. The maximum atomic E-state index is 12.7. The van der Waals surface area contributed by atoms with E-state index in [2.05, 4.69) is 15.0 Å². The molecule has 0 atom stereocenters. The lowest BCUT2D eigenvalue weighted by atomic mass is 9.96. The van der Waals surface area contributed by atoms with Gasteiger partial charge in [0, 0.05) is 62.8 Å². The van der Waals surface area contributed by atoms with E-state index in [1.54, 1.807) is 4.90 Å². The molecule has 29 heavy (non-hydrogen) atoms. The van der Waals surface area contributed by atoms with E-state index >= 15 is 0 Å². The summed E-state index contributed by atoms with van der Waals surface area (Å²) in [6, 6.07) is 0. The molecule has 0 spiro atoms. The minimum atomic E-state index is -4.44. The van der Waals surface area contributed by atoms with Crippen LogP contribution in [0.4, 0.5) is 19.1 Å². The largest absolute Gasteiger partial charge is 0.419 e. The molecule has 0 aromatic carbocycles. The maximum Gasteiger partial charge on any atom is 0.419 e. The molecule has 6 nitrogen and oxygen atoms in total. The molecule has 1 saturated heterocycles. The fourth-order valence-electron chi connectivity index (χ4n) is 4.45. The van der Waals surface area contributed by atoms with Gasteiger partial charge in [-0.1, -0.05) is 0 Å². The molecule has 0 N–H and O–H groups in total. The van der Waals surface area contributed by atoms with Crippen LogP contribution in [0.5, 0.6) is 0 Å². The number of aromatic nitrogens is 3. The SMILES string of the molecule is O=C(CC1CN(c2ncc(C(F)(F)F)cn2)C1)N1Cc2cnc3c(c2C1)CCC3. The van der Waals surface area contributed by atoms with Crippen molar-refractivity contribution < 1.29 is 18.0 Å². The Bertz CT molecular complexity index is 954. The lowest BCUT2D eigenvalue weighted by Gasteiger charge is -2.39. The number of pyridine rings is 1. The zero-order chi connectivity index (χ0) is 20.2. The lowest BCUT2D eigenvalue weighted by molar-refractivity contribution is -0.138. The molecule has 2 aromatic rings. The summed E-state index contributed by atoms with van der Waals surface area (Å²) in [4.78, 5) is 28.6. The Labute approximate surface area is 165 Å². The number of amides is 1. The van der Waals surface area contributed by atoms with Crippen LogP contribution < -0.4 is 4.90 Å². The third kappa shape index (κ3) is 3.32. The first-order valence-corrected chi connectivity index (χ1v) is 9.79. The predicted octanol–water partition coefficient (Wildman–Crippen LogP) is 2.75. The van der Waals surface area contributed by atoms with Crippen LogP contribution in [0.1, 0.15) is 40.8 Å². The standard InChI is InChI=1S/C20H20F3N5O/c21-20(22,23)14-6-25-19(26-7-14)28-8-12(9-28)4-18(29)27-10-13-5-24-17-3-1-2-15(17)16(13)11-27/h5-7,12H,1-4,8-11H2. The van der Waals surface area contributed by atoms with Gasteiger partial charge in [0.25, 0.3) is 0 Å². The van der Waals surface area contributed by atoms with Crippen LogP contribution in [0.3, 0.4) is 0 Å². The normalized spacial score (nSPS) is 18.6. The van der Waals surface area contributed by atoms with Crippen molar-refractivity contribution in [2.45, 2.75) is 44.9 Å². The van der Waals surface area contributed by atoms with Gasteiger partial charge in [0.2, 0.25) is 11.9 Å². The molecule has 0 unspecified atom stereocenters. The summed E-state index contributed by atoms with van der Waals surface area (Å²) in [5.41, 5.74) is 4.11. The van der Waals surface area contributed by atoms with Gasteiger partial charge in [-0.15, -0.1) is 0 Å². The number of fused-ring (bicyclic) bond motifs is 3. The van der Waals surface area contributed by atoms with Crippen molar-refractivity contribution in [2.24, 2.45) is 5.92 Å². The molecule has 0 bridgehead atoms. The molecule has 1 amide bonds. The van der Waals surface area contributed by atoms with Crippen molar-refractivity contribution in [3.8, 4) is 0 Å². The number of halogens is 3. The number of nitrogens with zero attached hydrogens (tertiary/aromatic N) is 5. The average molecular weight is 403 g/mol. The highest BCUT2D eigenvalue weighted by Gasteiger charge is 2.35. The van der Waals surface area contributed by atoms with E-state index < -0.39 is 11.7 Å². The zero-order valence-electron chi connectivity index (χ0n) is 15.7. The van der Waals surface area contributed by atoms with Gasteiger partial charge < -0.3 is 9.80 Å². The number of alkyl halides is 3. The quantitative estimate of drug-likeness (QED) is 0.789. The van der Waals surface area contributed by atoms with Gasteiger partial charge in [0.15, 0.2) is 0 Å². The molecule has 1 fully saturated rings. The van der Waals surface area contributed by atoms with E-state index in [4.69, 9.17) is 0 Å². The Balaban J connectivity index is 1.16. The highest BCUT2D eigenvalue weighted by molar-refractivity contribution is 5.77. The van der Waals surface area contributed by atoms with E-state index in [0.717, 1.165) is 37.2 Å². The monoisotopic (exact) mass is 403 g/mol. The number of carbonyl (C=O) groups excluding carboxylic acids is 1. The topological polar surface area (TPSA) is 62.2 Å². The van der Waals surface area contributed by atoms with E-state index in [1.807, 2.05) is 11.1 Å². The number of rotatable bonds is 3.